The maximum Gasteiger partial charge on any atom is 0.191 e. The standard InChI is InChI=1S/C18H27N5/c1-3-20-18(22-14-17-9-6-10-23(17)4-2)21-13-16-8-5-7-15(11-16)12-19/h5,7-8,11,17H,3-4,6,9-10,13-14H2,1-2H3,(H2,20,21,22). The number of rotatable bonds is 6. The highest BCUT2D eigenvalue weighted by atomic mass is 15.2. The molecule has 5 heteroatoms. The molecule has 1 aromatic rings. The van der Waals surface area contributed by atoms with Gasteiger partial charge in [-0.15, -0.1) is 0 Å². The number of hydrogen-bond donors (Lipinski definition) is 2. The van der Waals surface area contributed by atoms with Crippen molar-refractivity contribution < 1.29 is 0 Å². The molecule has 1 heterocycles. The monoisotopic (exact) mass is 313 g/mol. The molecule has 1 fully saturated rings. The number of aliphatic imine (C=N–C) groups is 1. The van der Waals surface area contributed by atoms with Crippen LogP contribution in [0.2, 0.25) is 0 Å². The van der Waals surface area contributed by atoms with Gasteiger partial charge in [-0.2, -0.15) is 5.26 Å². The lowest BCUT2D eigenvalue weighted by Gasteiger charge is -2.24. The Hall–Kier alpha value is -2.06. The van der Waals surface area contributed by atoms with Crippen LogP contribution in [0.25, 0.3) is 0 Å². The van der Waals surface area contributed by atoms with E-state index in [1.807, 2.05) is 24.3 Å². The molecule has 2 rings (SSSR count). The first-order valence-corrected chi connectivity index (χ1v) is 8.52. The first-order chi connectivity index (χ1) is 11.3. The van der Waals surface area contributed by atoms with Crippen LogP contribution in [-0.4, -0.2) is 43.1 Å². The number of nitrogens with zero attached hydrogens (tertiary/aromatic N) is 3. The Morgan fingerprint density at radius 2 is 2.26 bits per heavy atom. The summed E-state index contributed by atoms with van der Waals surface area (Å²) in [6, 6.07) is 10.4. The summed E-state index contributed by atoms with van der Waals surface area (Å²) in [5.41, 5.74) is 1.73. The lowest BCUT2D eigenvalue weighted by Crippen LogP contribution is -2.44. The largest absolute Gasteiger partial charge is 0.357 e. The second-order valence-electron chi connectivity index (χ2n) is 5.81. The Labute approximate surface area is 139 Å². The molecule has 0 spiro atoms. The topological polar surface area (TPSA) is 63.5 Å². The van der Waals surface area contributed by atoms with Crippen LogP contribution in [0.1, 0.15) is 37.8 Å². The fourth-order valence-corrected chi connectivity index (χ4v) is 3.01. The Morgan fingerprint density at radius 1 is 1.39 bits per heavy atom. The van der Waals surface area contributed by atoms with E-state index in [0.29, 0.717) is 18.2 Å². The first-order valence-electron chi connectivity index (χ1n) is 8.52. The van der Waals surface area contributed by atoms with Crippen LogP contribution in [0, 0.1) is 11.3 Å². The van der Waals surface area contributed by atoms with Gasteiger partial charge in [-0.25, -0.2) is 4.99 Å². The van der Waals surface area contributed by atoms with Crippen LogP contribution >= 0.6 is 0 Å². The number of hydrogen-bond acceptors (Lipinski definition) is 3. The second kappa shape index (κ2) is 9.16. The second-order valence-corrected chi connectivity index (χ2v) is 5.81. The van der Waals surface area contributed by atoms with Crippen molar-refractivity contribution in [2.24, 2.45) is 4.99 Å². The van der Waals surface area contributed by atoms with Gasteiger partial charge in [0.05, 0.1) is 18.2 Å². The van der Waals surface area contributed by atoms with Crippen molar-refractivity contribution in [2.75, 3.05) is 26.2 Å². The van der Waals surface area contributed by atoms with Crippen molar-refractivity contribution >= 4 is 5.96 Å². The van der Waals surface area contributed by atoms with Crippen LogP contribution in [0.3, 0.4) is 0 Å². The van der Waals surface area contributed by atoms with Crippen molar-refractivity contribution in [3.8, 4) is 6.07 Å². The number of likely N-dealkylation sites (tertiary alicyclic amines) is 1. The maximum absolute atomic E-state index is 8.96. The summed E-state index contributed by atoms with van der Waals surface area (Å²) < 4.78 is 0. The Balaban J connectivity index is 1.93. The highest BCUT2D eigenvalue weighted by Gasteiger charge is 2.22. The molecule has 0 saturated carbocycles. The molecule has 124 valence electrons. The Morgan fingerprint density at radius 3 is 3.00 bits per heavy atom. The number of benzene rings is 1. The number of guanidine groups is 1. The Bertz CT molecular complexity index is 561. The molecular formula is C18H27N5. The molecule has 1 aliphatic heterocycles. The van der Waals surface area contributed by atoms with Gasteiger partial charge in [-0.1, -0.05) is 19.1 Å². The molecule has 5 nitrogen and oxygen atoms in total. The summed E-state index contributed by atoms with van der Waals surface area (Å²) in [5, 5.41) is 15.7. The summed E-state index contributed by atoms with van der Waals surface area (Å²) in [4.78, 5) is 7.16. The lowest BCUT2D eigenvalue weighted by atomic mass is 10.1. The van der Waals surface area contributed by atoms with E-state index in [1.165, 1.54) is 19.4 Å². The molecule has 0 radical (unpaired) electrons. The average Bonchev–Trinajstić information content (AvgIpc) is 3.05. The molecule has 1 atom stereocenters. The molecule has 0 amide bonds. The van der Waals surface area contributed by atoms with Crippen LogP contribution in [-0.2, 0) is 6.54 Å². The molecule has 1 saturated heterocycles. The highest BCUT2D eigenvalue weighted by molar-refractivity contribution is 5.79. The molecule has 0 aliphatic carbocycles. The number of nitriles is 1. The van der Waals surface area contributed by atoms with Gasteiger partial charge < -0.3 is 10.6 Å². The maximum atomic E-state index is 8.96. The number of nitrogens with one attached hydrogen (secondary N) is 2. The molecule has 0 bridgehead atoms. The van der Waals surface area contributed by atoms with Gasteiger partial charge in [0.25, 0.3) is 0 Å². The lowest BCUT2D eigenvalue weighted by molar-refractivity contribution is 0.267. The van der Waals surface area contributed by atoms with Gasteiger partial charge in [-0.3, -0.25) is 4.90 Å². The third-order valence-electron chi connectivity index (χ3n) is 4.23. The third-order valence-corrected chi connectivity index (χ3v) is 4.23. The van der Waals surface area contributed by atoms with Gasteiger partial charge in [0.15, 0.2) is 5.96 Å². The fraction of sp³-hybridized carbons (Fsp3) is 0.556. The van der Waals surface area contributed by atoms with Crippen molar-refractivity contribution in [3.05, 3.63) is 35.4 Å². The van der Waals surface area contributed by atoms with Crippen LogP contribution in [0.5, 0.6) is 0 Å². The van der Waals surface area contributed by atoms with E-state index in [0.717, 1.165) is 31.2 Å². The van der Waals surface area contributed by atoms with Crippen molar-refractivity contribution in [3.63, 3.8) is 0 Å². The molecule has 23 heavy (non-hydrogen) atoms. The van der Waals surface area contributed by atoms with Crippen molar-refractivity contribution in [2.45, 2.75) is 39.3 Å². The Kier molecular flexibility index (Phi) is 6.89. The highest BCUT2D eigenvalue weighted by Crippen LogP contribution is 2.15. The van der Waals surface area contributed by atoms with Crippen molar-refractivity contribution in [1.82, 2.24) is 15.5 Å². The van der Waals surface area contributed by atoms with E-state index in [4.69, 9.17) is 5.26 Å². The van der Waals surface area contributed by atoms with E-state index in [2.05, 4.69) is 40.4 Å². The fourth-order valence-electron chi connectivity index (χ4n) is 3.01. The molecule has 1 unspecified atom stereocenters. The van der Waals surface area contributed by atoms with Gasteiger partial charge in [0.2, 0.25) is 0 Å². The smallest absolute Gasteiger partial charge is 0.191 e. The zero-order chi connectivity index (χ0) is 16.5. The minimum absolute atomic E-state index is 0.576. The van der Waals surface area contributed by atoms with Gasteiger partial charge in [-0.05, 0) is 50.6 Å². The normalized spacial score (nSPS) is 18.7. The zero-order valence-electron chi connectivity index (χ0n) is 14.2. The minimum Gasteiger partial charge on any atom is -0.357 e. The zero-order valence-corrected chi connectivity index (χ0v) is 14.2. The summed E-state index contributed by atoms with van der Waals surface area (Å²) in [6.07, 6.45) is 2.54. The third kappa shape index (κ3) is 5.26. The quantitative estimate of drug-likeness (QED) is 0.623. The SMILES string of the molecule is CCNC(=NCc1cccc(C#N)c1)NCC1CCCN1CC. The van der Waals surface area contributed by atoms with E-state index in [9.17, 15) is 0 Å². The molecular weight excluding hydrogens is 286 g/mol. The van der Waals surface area contributed by atoms with Crippen LogP contribution in [0.4, 0.5) is 0 Å². The van der Waals surface area contributed by atoms with E-state index in [1.54, 1.807) is 0 Å². The number of likely N-dealkylation sites (N-methyl/N-ethyl adjacent to an activating group) is 1. The van der Waals surface area contributed by atoms with Gasteiger partial charge in [0, 0.05) is 19.1 Å². The predicted molar refractivity (Wildman–Crippen MR) is 94.2 cm³/mol. The van der Waals surface area contributed by atoms with Crippen LogP contribution in [0.15, 0.2) is 29.3 Å². The molecule has 2 N–H and O–H groups in total. The average molecular weight is 313 g/mol. The first kappa shape index (κ1) is 17.3. The summed E-state index contributed by atoms with van der Waals surface area (Å²) in [6.45, 7) is 8.96. The van der Waals surface area contributed by atoms with Gasteiger partial charge >= 0.3 is 0 Å². The predicted octanol–water partition coefficient (Wildman–Crippen LogP) is 2.10. The minimum atomic E-state index is 0.576. The van der Waals surface area contributed by atoms with Crippen molar-refractivity contribution in [1.29, 1.82) is 5.26 Å². The van der Waals surface area contributed by atoms with Crippen LogP contribution < -0.4 is 10.6 Å². The summed E-state index contributed by atoms with van der Waals surface area (Å²) >= 11 is 0. The summed E-state index contributed by atoms with van der Waals surface area (Å²) in [5.74, 6) is 0.845. The van der Waals surface area contributed by atoms with E-state index in [-0.39, 0.29) is 0 Å². The van der Waals surface area contributed by atoms with Gasteiger partial charge in [0.1, 0.15) is 0 Å². The summed E-state index contributed by atoms with van der Waals surface area (Å²) in [7, 11) is 0. The molecule has 0 aromatic heterocycles. The molecule has 1 aromatic carbocycles. The van der Waals surface area contributed by atoms with E-state index >= 15 is 0 Å². The van der Waals surface area contributed by atoms with E-state index < -0.39 is 0 Å². The molecule has 1 aliphatic rings.